The second-order valence-corrected chi connectivity index (χ2v) is 4.78. The van der Waals surface area contributed by atoms with E-state index in [1.807, 2.05) is 17.0 Å². The molecular weight excluding hydrogens is 200 g/mol. The van der Waals surface area contributed by atoms with Crippen molar-refractivity contribution < 1.29 is 4.79 Å². The average Bonchev–Trinajstić information content (AvgIpc) is 2.22. The van der Waals surface area contributed by atoms with Crippen LogP contribution in [-0.4, -0.2) is 23.9 Å². The number of fused-ring (bicyclic) bond motifs is 1. The number of anilines is 1. The van der Waals surface area contributed by atoms with Crippen molar-refractivity contribution in [3.8, 4) is 0 Å². The van der Waals surface area contributed by atoms with Gasteiger partial charge in [-0.25, -0.2) is 0 Å². The first-order chi connectivity index (χ1) is 7.59. The summed E-state index contributed by atoms with van der Waals surface area (Å²) in [6, 6.07) is 5.71. The molecule has 1 aliphatic rings. The third kappa shape index (κ3) is 1.90. The molecule has 0 radical (unpaired) electrons. The fraction of sp³-hybridized carbons (Fsp3) is 0.462. The van der Waals surface area contributed by atoms with E-state index in [9.17, 15) is 4.79 Å². The van der Waals surface area contributed by atoms with Crippen LogP contribution in [0, 0.1) is 5.92 Å². The highest BCUT2D eigenvalue weighted by Gasteiger charge is 2.26. The molecule has 0 saturated carbocycles. The lowest BCUT2D eigenvalue weighted by Gasteiger charge is -2.30. The maximum absolute atomic E-state index is 12.2. The number of carbonyl (C=O) groups is 1. The Bertz CT molecular complexity index is 412. The second kappa shape index (κ2) is 4.16. The lowest BCUT2D eigenvalue weighted by molar-refractivity contribution is 0.0721. The number of hydrogen-bond acceptors (Lipinski definition) is 2. The molecule has 0 bridgehead atoms. The monoisotopic (exact) mass is 218 g/mol. The molecule has 0 saturated heterocycles. The summed E-state index contributed by atoms with van der Waals surface area (Å²) in [6.45, 7) is 5.87. The summed E-state index contributed by atoms with van der Waals surface area (Å²) < 4.78 is 0. The van der Waals surface area contributed by atoms with Gasteiger partial charge in [0.15, 0.2) is 0 Å². The molecule has 0 fully saturated rings. The van der Waals surface area contributed by atoms with Gasteiger partial charge in [-0.3, -0.25) is 4.79 Å². The van der Waals surface area contributed by atoms with Crippen molar-refractivity contribution in [1.82, 2.24) is 4.90 Å². The van der Waals surface area contributed by atoms with Crippen LogP contribution in [0.1, 0.15) is 29.8 Å². The second-order valence-electron chi connectivity index (χ2n) is 4.78. The summed E-state index contributed by atoms with van der Waals surface area (Å²) in [7, 11) is 0. The number of nitrogens with two attached hydrogens (primary N) is 1. The van der Waals surface area contributed by atoms with Crippen LogP contribution in [0.25, 0.3) is 0 Å². The van der Waals surface area contributed by atoms with Crippen molar-refractivity contribution in [3.05, 3.63) is 29.3 Å². The lowest BCUT2D eigenvalue weighted by atomic mass is 9.97. The van der Waals surface area contributed by atoms with Gasteiger partial charge >= 0.3 is 0 Å². The largest absolute Gasteiger partial charge is 0.398 e. The van der Waals surface area contributed by atoms with Crippen molar-refractivity contribution in [2.75, 3.05) is 18.8 Å². The first-order valence-corrected chi connectivity index (χ1v) is 5.76. The molecule has 1 aromatic carbocycles. The normalized spacial score (nSPS) is 15.4. The van der Waals surface area contributed by atoms with Crippen molar-refractivity contribution in [2.45, 2.75) is 20.3 Å². The Morgan fingerprint density at radius 2 is 2.19 bits per heavy atom. The van der Waals surface area contributed by atoms with E-state index >= 15 is 0 Å². The summed E-state index contributed by atoms with van der Waals surface area (Å²) in [6.07, 6.45) is 0.916. The molecule has 3 nitrogen and oxygen atoms in total. The van der Waals surface area contributed by atoms with Crippen LogP contribution < -0.4 is 5.73 Å². The Morgan fingerprint density at radius 1 is 1.44 bits per heavy atom. The first-order valence-electron chi connectivity index (χ1n) is 5.76. The Labute approximate surface area is 96.2 Å². The molecule has 0 aliphatic carbocycles. The molecule has 86 valence electrons. The smallest absolute Gasteiger partial charge is 0.256 e. The van der Waals surface area contributed by atoms with Gasteiger partial charge in [-0.1, -0.05) is 26.0 Å². The van der Waals surface area contributed by atoms with Gasteiger partial charge in [0.05, 0.1) is 5.56 Å². The van der Waals surface area contributed by atoms with E-state index in [4.69, 9.17) is 5.73 Å². The molecule has 0 atom stereocenters. The first kappa shape index (κ1) is 11.0. The van der Waals surface area contributed by atoms with Crippen LogP contribution in [-0.2, 0) is 6.42 Å². The zero-order valence-electron chi connectivity index (χ0n) is 9.86. The van der Waals surface area contributed by atoms with Gasteiger partial charge in [0.2, 0.25) is 0 Å². The molecule has 0 aromatic heterocycles. The van der Waals surface area contributed by atoms with Crippen molar-refractivity contribution in [1.29, 1.82) is 0 Å². The molecule has 16 heavy (non-hydrogen) atoms. The maximum Gasteiger partial charge on any atom is 0.256 e. The van der Waals surface area contributed by atoms with Crippen LogP contribution >= 0.6 is 0 Å². The zero-order chi connectivity index (χ0) is 11.7. The van der Waals surface area contributed by atoms with Crippen LogP contribution in [0.4, 0.5) is 5.69 Å². The van der Waals surface area contributed by atoms with Gasteiger partial charge in [0, 0.05) is 18.8 Å². The van der Waals surface area contributed by atoms with Crippen LogP contribution in [0.2, 0.25) is 0 Å². The molecule has 3 heteroatoms. The van der Waals surface area contributed by atoms with E-state index in [1.165, 1.54) is 0 Å². The van der Waals surface area contributed by atoms with Gasteiger partial charge in [-0.2, -0.15) is 0 Å². The average molecular weight is 218 g/mol. The highest BCUT2D eigenvalue weighted by atomic mass is 16.2. The Morgan fingerprint density at radius 3 is 2.88 bits per heavy atom. The minimum atomic E-state index is 0.0908. The number of amides is 1. The summed E-state index contributed by atoms with van der Waals surface area (Å²) in [4.78, 5) is 14.1. The van der Waals surface area contributed by atoms with Gasteiger partial charge in [0.1, 0.15) is 0 Å². The Balaban J connectivity index is 2.31. The van der Waals surface area contributed by atoms with E-state index < -0.39 is 0 Å². The van der Waals surface area contributed by atoms with Crippen molar-refractivity contribution >= 4 is 11.6 Å². The number of benzene rings is 1. The van der Waals surface area contributed by atoms with E-state index in [0.717, 1.165) is 30.6 Å². The van der Waals surface area contributed by atoms with Crippen LogP contribution in [0.15, 0.2) is 18.2 Å². The third-order valence-corrected chi connectivity index (χ3v) is 2.92. The van der Waals surface area contributed by atoms with Gasteiger partial charge in [-0.05, 0) is 24.0 Å². The van der Waals surface area contributed by atoms with Crippen molar-refractivity contribution in [3.63, 3.8) is 0 Å². The van der Waals surface area contributed by atoms with E-state index in [0.29, 0.717) is 11.6 Å². The quantitative estimate of drug-likeness (QED) is 0.771. The molecule has 1 aliphatic heterocycles. The summed E-state index contributed by atoms with van der Waals surface area (Å²) in [5.74, 6) is 0.587. The zero-order valence-corrected chi connectivity index (χ0v) is 9.86. The van der Waals surface area contributed by atoms with E-state index in [2.05, 4.69) is 13.8 Å². The number of hydrogen-bond donors (Lipinski definition) is 1. The molecule has 1 heterocycles. The van der Waals surface area contributed by atoms with E-state index in [-0.39, 0.29) is 5.91 Å². The number of rotatable bonds is 2. The third-order valence-electron chi connectivity index (χ3n) is 2.92. The molecule has 1 aromatic rings. The molecule has 0 spiro atoms. The predicted molar refractivity (Wildman–Crippen MR) is 65.3 cm³/mol. The highest BCUT2D eigenvalue weighted by Crippen LogP contribution is 2.24. The molecule has 2 rings (SSSR count). The summed E-state index contributed by atoms with van der Waals surface area (Å²) in [5, 5.41) is 0. The maximum atomic E-state index is 12.2. The standard InChI is InChI=1S/C13H18N2O/c1-9(2)8-15-7-6-10-4-3-5-11(14)12(10)13(15)16/h3-5,9H,6-8,14H2,1-2H3. The number of nitrogens with zero attached hydrogens (tertiary/aromatic N) is 1. The Hall–Kier alpha value is -1.51. The fourth-order valence-corrected chi connectivity index (χ4v) is 2.22. The number of nitrogen functional groups attached to an aromatic ring is 1. The topological polar surface area (TPSA) is 46.3 Å². The molecule has 2 N–H and O–H groups in total. The predicted octanol–water partition coefficient (Wildman–Crippen LogP) is 1.92. The summed E-state index contributed by atoms with van der Waals surface area (Å²) in [5.41, 5.74) is 8.29. The van der Waals surface area contributed by atoms with Crippen LogP contribution in [0.3, 0.4) is 0 Å². The number of carbonyl (C=O) groups excluding carboxylic acids is 1. The fourth-order valence-electron chi connectivity index (χ4n) is 2.22. The SMILES string of the molecule is CC(C)CN1CCc2cccc(N)c2C1=O. The van der Waals surface area contributed by atoms with Crippen LogP contribution in [0.5, 0.6) is 0 Å². The summed E-state index contributed by atoms with van der Waals surface area (Å²) >= 11 is 0. The lowest BCUT2D eigenvalue weighted by Crippen LogP contribution is -2.40. The molecule has 0 unspecified atom stereocenters. The van der Waals surface area contributed by atoms with Gasteiger partial charge in [-0.15, -0.1) is 0 Å². The highest BCUT2D eigenvalue weighted by molar-refractivity contribution is 6.01. The Kier molecular flexibility index (Phi) is 2.86. The van der Waals surface area contributed by atoms with Gasteiger partial charge < -0.3 is 10.6 Å². The van der Waals surface area contributed by atoms with Gasteiger partial charge in [0.25, 0.3) is 5.91 Å². The minimum absolute atomic E-state index is 0.0908. The molecule has 1 amide bonds. The molecular formula is C13H18N2O. The minimum Gasteiger partial charge on any atom is -0.398 e. The van der Waals surface area contributed by atoms with Crippen molar-refractivity contribution in [2.24, 2.45) is 5.92 Å². The van der Waals surface area contributed by atoms with E-state index in [1.54, 1.807) is 6.07 Å².